The first-order chi connectivity index (χ1) is 14.0. The lowest BCUT2D eigenvalue weighted by Crippen LogP contribution is -2.57. The molecule has 1 saturated carbocycles. The van der Waals surface area contributed by atoms with Crippen molar-refractivity contribution in [2.45, 2.75) is 62.6 Å². The summed E-state index contributed by atoms with van der Waals surface area (Å²) in [5.41, 5.74) is 3.78. The Hall–Kier alpha value is -1.91. The molecule has 1 aromatic carbocycles. The Kier molecular flexibility index (Phi) is 5.93. The summed E-state index contributed by atoms with van der Waals surface area (Å²) in [6.45, 7) is 5.63. The number of carbonyl (C=O) groups is 1. The number of likely N-dealkylation sites (N-methyl/N-ethyl adjacent to an activating group) is 2. The van der Waals surface area contributed by atoms with Crippen LogP contribution >= 0.6 is 0 Å². The van der Waals surface area contributed by atoms with Crippen molar-refractivity contribution in [1.29, 1.82) is 0 Å². The van der Waals surface area contributed by atoms with Crippen molar-refractivity contribution < 1.29 is 9.53 Å². The third-order valence-corrected chi connectivity index (χ3v) is 7.25. The van der Waals surface area contributed by atoms with E-state index in [1.165, 1.54) is 16.7 Å². The van der Waals surface area contributed by atoms with Gasteiger partial charge in [-0.1, -0.05) is 36.4 Å². The highest BCUT2D eigenvalue weighted by Crippen LogP contribution is 2.42. The minimum atomic E-state index is 0.0212. The van der Waals surface area contributed by atoms with Crippen molar-refractivity contribution in [1.82, 2.24) is 9.80 Å². The Labute approximate surface area is 175 Å². The lowest BCUT2D eigenvalue weighted by molar-refractivity contribution is -0.136. The minimum Gasteiger partial charge on any atom is -0.375 e. The summed E-state index contributed by atoms with van der Waals surface area (Å²) in [5, 5.41) is 0. The second-order valence-electron chi connectivity index (χ2n) is 9.01. The van der Waals surface area contributed by atoms with E-state index >= 15 is 0 Å². The van der Waals surface area contributed by atoms with E-state index in [9.17, 15) is 4.79 Å². The number of carbonyl (C=O) groups excluding carboxylic acids is 1. The van der Waals surface area contributed by atoms with Gasteiger partial charge >= 0.3 is 0 Å². The van der Waals surface area contributed by atoms with Crippen LogP contribution in [0.4, 0.5) is 0 Å². The van der Waals surface area contributed by atoms with Gasteiger partial charge in [-0.25, -0.2) is 0 Å². The molecule has 0 N–H and O–H groups in total. The van der Waals surface area contributed by atoms with Gasteiger partial charge in [-0.05, 0) is 62.3 Å². The van der Waals surface area contributed by atoms with Gasteiger partial charge in [0.15, 0.2) is 0 Å². The first-order valence-electron chi connectivity index (χ1n) is 11.0. The van der Waals surface area contributed by atoms with Crippen LogP contribution in [0.15, 0.2) is 43.0 Å². The van der Waals surface area contributed by atoms with Crippen LogP contribution < -0.4 is 0 Å². The fourth-order valence-corrected chi connectivity index (χ4v) is 5.57. The summed E-state index contributed by atoms with van der Waals surface area (Å²) in [7, 11) is 4.15. The molecule has 1 saturated heterocycles. The van der Waals surface area contributed by atoms with E-state index in [1.807, 2.05) is 18.0 Å². The molecule has 4 heteroatoms. The molecule has 0 aromatic heterocycles. The summed E-state index contributed by atoms with van der Waals surface area (Å²) in [6.07, 6.45) is 11.0. The lowest BCUT2D eigenvalue weighted by Gasteiger charge is -2.48. The number of nitrogens with zero attached hydrogens (tertiary/aromatic N) is 2. The highest BCUT2D eigenvalue weighted by molar-refractivity contribution is 5.90. The number of ether oxygens (including phenoxy) is 1. The van der Waals surface area contributed by atoms with Gasteiger partial charge in [-0.2, -0.15) is 0 Å². The lowest BCUT2D eigenvalue weighted by atomic mass is 9.76. The van der Waals surface area contributed by atoms with Crippen LogP contribution in [0, 0.1) is 0 Å². The van der Waals surface area contributed by atoms with Crippen LogP contribution in [0.1, 0.15) is 49.7 Å². The molecule has 29 heavy (non-hydrogen) atoms. The smallest absolute Gasteiger partial charge is 0.227 e. The van der Waals surface area contributed by atoms with Crippen molar-refractivity contribution in [2.24, 2.45) is 0 Å². The van der Waals surface area contributed by atoms with Gasteiger partial charge in [0, 0.05) is 32.3 Å². The predicted octanol–water partition coefficient (Wildman–Crippen LogP) is 4.06. The predicted molar refractivity (Wildman–Crippen MR) is 118 cm³/mol. The zero-order chi connectivity index (χ0) is 20.4. The second kappa shape index (κ2) is 8.45. The van der Waals surface area contributed by atoms with E-state index in [4.69, 9.17) is 4.74 Å². The molecule has 4 nitrogen and oxygen atoms in total. The molecular formula is C25H34N2O2. The molecule has 4 rings (SSSR count). The van der Waals surface area contributed by atoms with Crippen LogP contribution in [-0.4, -0.2) is 60.6 Å². The number of hydrogen-bond acceptors (Lipinski definition) is 3. The third-order valence-electron chi connectivity index (χ3n) is 7.25. The van der Waals surface area contributed by atoms with E-state index in [-0.39, 0.29) is 17.6 Å². The van der Waals surface area contributed by atoms with Crippen LogP contribution in [0.2, 0.25) is 0 Å². The SMILES string of the molecule is C=CCN(C)C1CC2(CCCO2)CCC1N(C)C(=O)CC1=CCc2ccccc21. The quantitative estimate of drug-likeness (QED) is 0.682. The molecule has 0 radical (unpaired) electrons. The fraction of sp³-hybridized carbons (Fsp3) is 0.560. The largest absolute Gasteiger partial charge is 0.375 e. The Bertz CT molecular complexity index is 794. The number of fused-ring (bicyclic) bond motifs is 1. The first kappa shape index (κ1) is 20.4. The molecule has 3 unspecified atom stereocenters. The Morgan fingerprint density at radius 3 is 2.86 bits per heavy atom. The summed E-state index contributed by atoms with van der Waals surface area (Å²) in [4.78, 5) is 17.6. The number of allylic oxidation sites excluding steroid dienone is 1. The number of amides is 1. The third kappa shape index (κ3) is 4.06. The standard InChI is InChI=1S/C25H34N2O2/c1-4-15-26(2)23-18-25(13-7-16-29-25)14-12-22(23)27(3)24(28)17-20-11-10-19-8-5-6-9-21(19)20/h4-6,8-9,11,22-23H,1,7,10,12-18H2,2-3H3. The van der Waals surface area contributed by atoms with Gasteiger partial charge < -0.3 is 9.64 Å². The second-order valence-corrected chi connectivity index (χ2v) is 9.01. The molecule has 3 atom stereocenters. The number of rotatable bonds is 6. The molecule has 1 spiro atoms. The molecule has 0 bridgehead atoms. The van der Waals surface area contributed by atoms with Crippen molar-refractivity contribution >= 4 is 11.5 Å². The topological polar surface area (TPSA) is 32.8 Å². The number of hydrogen-bond donors (Lipinski definition) is 0. The maximum Gasteiger partial charge on any atom is 0.227 e. The summed E-state index contributed by atoms with van der Waals surface area (Å²) < 4.78 is 6.21. The molecule has 1 aliphatic heterocycles. The monoisotopic (exact) mass is 394 g/mol. The van der Waals surface area contributed by atoms with Crippen molar-refractivity contribution in [3.05, 3.63) is 54.1 Å². The van der Waals surface area contributed by atoms with E-state index < -0.39 is 0 Å². The van der Waals surface area contributed by atoms with E-state index in [0.717, 1.165) is 51.7 Å². The zero-order valence-electron chi connectivity index (χ0n) is 17.9. The molecule has 3 aliphatic rings. The fourth-order valence-electron chi connectivity index (χ4n) is 5.57. The minimum absolute atomic E-state index is 0.0212. The Morgan fingerprint density at radius 2 is 2.10 bits per heavy atom. The average molecular weight is 395 g/mol. The zero-order valence-corrected chi connectivity index (χ0v) is 17.9. The first-order valence-corrected chi connectivity index (χ1v) is 11.0. The highest BCUT2D eigenvalue weighted by Gasteiger charge is 2.46. The van der Waals surface area contributed by atoms with Gasteiger partial charge in [0.2, 0.25) is 5.91 Å². The summed E-state index contributed by atoms with van der Waals surface area (Å²) >= 11 is 0. The maximum atomic E-state index is 13.3. The van der Waals surface area contributed by atoms with Crippen molar-refractivity contribution in [2.75, 3.05) is 27.2 Å². The van der Waals surface area contributed by atoms with Gasteiger partial charge in [-0.3, -0.25) is 9.69 Å². The van der Waals surface area contributed by atoms with Gasteiger partial charge in [0.25, 0.3) is 0 Å². The Balaban J connectivity index is 1.47. The number of benzene rings is 1. The molecule has 156 valence electrons. The van der Waals surface area contributed by atoms with Crippen LogP contribution in [0.5, 0.6) is 0 Å². The molecule has 2 aliphatic carbocycles. The maximum absolute atomic E-state index is 13.3. The van der Waals surface area contributed by atoms with Crippen LogP contribution in [-0.2, 0) is 16.0 Å². The van der Waals surface area contributed by atoms with Crippen molar-refractivity contribution in [3.63, 3.8) is 0 Å². The highest BCUT2D eigenvalue weighted by atomic mass is 16.5. The van der Waals surface area contributed by atoms with E-state index in [2.05, 4.69) is 48.9 Å². The summed E-state index contributed by atoms with van der Waals surface area (Å²) in [5.74, 6) is 0.221. The van der Waals surface area contributed by atoms with E-state index in [0.29, 0.717) is 12.5 Å². The van der Waals surface area contributed by atoms with E-state index in [1.54, 1.807) is 0 Å². The van der Waals surface area contributed by atoms with Crippen molar-refractivity contribution in [3.8, 4) is 0 Å². The molecule has 1 heterocycles. The molecule has 2 fully saturated rings. The van der Waals surface area contributed by atoms with Gasteiger partial charge in [0.05, 0.1) is 12.0 Å². The Morgan fingerprint density at radius 1 is 1.28 bits per heavy atom. The average Bonchev–Trinajstić information content (AvgIpc) is 3.35. The van der Waals surface area contributed by atoms with Gasteiger partial charge in [-0.15, -0.1) is 6.58 Å². The molecule has 1 aromatic rings. The van der Waals surface area contributed by atoms with Crippen LogP contribution in [0.3, 0.4) is 0 Å². The van der Waals surface area contributed by atoms with Gasteiger partial charge in [0.1, 0.15) is 0 Å². The van der Waals surface area contributed by atoms with Crippen LogP contribution in [0.25, 0.3) is 5.57 Å². The molecular weight excluding hydrogens is 360 g/mol. The molecule has 1 amide bonds. The summed E-state index contributed by atoms with van der Waals surface area (Å²) in [6, 6.07) is 8.97. The normalized spacial score (nSPS) is 28.4.